The van der Waals surface area contributed by atoms with Crippen LogP contribution < -0.4 is 0 Å². The lowest BCUT2D eigenvalue weighted by Crippen LogP contribution is -1.99. The third-order valence-electron chi connectivity index (χ3n) is 10.2. The second-order valence-corrected chi connectivity index (χ2v) is 13.2. The number of benzene rings is 7. The molecule has 0 saturated heterocycles. The minimum absolute atomic E-state index is 0.874. The van der Waals surface area contributed by atoms with Crippen LogP contribution in [0.4, 0.5) is 0 Å². The van der Waals surface area contributed by atoms with E-state index in [1.54, 1.807) is 0 Å². The predicted octanol–water partition coefficient (Wildman–Crippen LogP) is 11.8. The Morgan fingerprint density at radius 1 is 0.360 bits per heavy atom. The number of aryl methyl sites for hydroxylation is 2. The summed E-state index contributed by atoms with van der Waals surface area (Å²) in [7, 11) is 0. The first-order chi connectivity index (χ1) is 24.6. The summed E-state index contributed by atoms with van der Waals surface area (Å²) in [5.74, 6) is 0. The average Bonchev–Trinajstić information content (AvgIpc) is 3.68. The quantitative estimate of drug-likeness (QED) is 0.192. The molecule has 0 aliphatic heterocycles. The highest BCUT2D eigenvalue weighted by Gasteiger charge is 2.17. The minimum atomic E-state index is 0.874. The molecule has 10 rings (SSSR count). The number of hydrogen-bond donors (Lipinski definition) is 0. The van der Waals surface area contributed by atoms with Crippen molar-refractivity contribution in [2.24, 2.45) is 0 Å². The van der Waals surface area contributed by atoms with Crippen LogP contribution >= 0.6 is 0 Å². The van der Waals surface area contributed by atoms with Crippen LogP contribution in [-0.4, -0.2) is 19.1 Å². The fraction of sp³-hybridized carbons (Fsp3) is 0.0435. The summed E-state index contributed by atoms with van der Waals surface area (Å²) >= 11 is 0. The van der Waals surface area contributed by atoms with Gasteiger partial charge in [-0.05, 0) is 85.6 Å². The summed E-state index contributed by atoms with van der Waals surface area (Å²) in [5, 5.41) is 5.02. The Balaban J connectivity index is 1.12. The van der Waals surface area contributed by atoms with Gasteiger partial charge in [-0.1, -0.05) is 97.1 Å². The first-order valence-electron chi connectivity index (χ1n) is 17.1. The van der Waals surface area contributed by atoms with E-state index in [1.165, 1.54) is 54.7 Å². The summed E-state index contributed by atoms with van der Waals surface area (Å²) in [6.45, 7) is 4.27. The van der Waals surface area contributed by atoms with Crippen molar-refractivity contribution < 1.29 is 0 Å². The second kappa shape index (κ2) is 11.0. The lowest BCUT2D eigenvalue weighted by molar-refractivity contribution is 1.18. The van der Waals surface area contributed by atoms with Gasteiger partial charge in [0.25, 0.3) is 0 Å². The van der Waals surface area contributed by atoms with Crippen LogP contribution in [0.25, 0.3) is 88.5 Å². The molecule has 0 N–H and O–H groups in total. The maximum atomic E-state index is 5.30. The van der Waals surface area contributed by atoms with Crippen LogP contribution in [0.2, 0.25) is 0 Å². The molecule has 0 bridgehead atoms. The summed E-state index contributed by atoms with van der Waals surface area (Å²) < 4.78 is 4.70. The molecule has 0 radical (unpaired) electrons. The Labute approximate surface area is 289 Å². The first kappa shape index (κ1) is 28.5. The molecule has 3 aromatic heterocycles. The number of nitrogens with zero attached hydrogens (tertiary/aromatic N) is 4. The van der Waals surface area contributed by atoms with Gasteiger partial charge in [0.2, 0.25) is 0 Å². The van der Waals surface area contributed by atoms with Gasteiger partial charge >= 0.3 is 0 Å². The Hall–Kier alpha value is -6.52. The minimum Gasteiger partial charge on any atom is -0.309 e. The van der Waals surface area contributed by atoms with Crippen LogP contribution in [0.15, 0.2) is 158 Å². The zero-order valence-electron chi connectivity index (χ0n) is 27.8. The lowest BCUT2D eigenvalue weighted by Gasteiger charge is -2.14. The van der Waals surface area contributed by atoms with E-state index in [1.807, 2.05) is 0 Å². The third-order valence-corrected chi connectivity index (χ3v) is 10.2. The van der Waals surface area contributed by atoms with Crippen LogP contribution in [0.3, 0.4) is 0 Å². The van der Waals surface area contributed by atoms with Gasteiger partial charge in [0, 0.05) is 44.0 Å². The summed E-state index contributed by atoms with van der Waals surface area (Å²) in [6, 6.07) is 56.4. The standard InChI is InChI=1S/C46H32N4/c1-29-27-39-40(28-30(29)2)48-46(32-21-25-34(26-22-32)50-43-17-9-5-13-37(43)38-14-6-10-18-44(38)50)45(47-39)31-19-23-33(24-20-31)49-41-15-7-3-11-35(41)36-12-4-8-16-42(36)49/h3-28H,1-2H3. The number of para-hydroxylation sites is 4. The molecular formula is C46H32N4. The van der Waals surface area contributed by atoms with Crippen molar-refractivity contribution in [3.63, 3.8) is 0 Å². The van der Waals surface area contributed by atoms with Crippen molar-refractivity contribution in [1.29, 1.82) is 0 Å². The van der Waals surface area contributed by atoms with Crippen LogP contribution in [0.5, 0.6) is 0 Å². The molecule has 0 saturated carbocycles. The van der Waals surface area contributed by atoms with Gasteiger partial charge < -0.3 is 9.13 Å². The smallest absolute Gasteiger partial charge is 0.0973 e. The second-order valence-electron chi connectivity index (χ2n) is 13.2. The topological polar surface area (TPSA) is 35.6 Å². The van der Waals surface area contributed by atoms with Gasteiger partial charge in [0.05, 0.1) is 44.5 Å². The molecule has 0 fully saturated rings. The fourth-order valence-electron chi connectivity index (χ4n) is 7.65. The van der Waals surface area contributed by atoms with Crippen molar-refractivity contribution in [3.8, 4) is 33.9 Å². The highest BCUT2D eigenvalue weighted by Crippen LogP contribution is 2.37. The molecule has 0 unspecified atom stereocenters. The largest absolute Gasteiger partial charge is 0.309 e. The Morgan fingerprint density at radius 2 is 0.660 bits per heavy atom. The number of aromatic nitrogens is 4. The number of hydrogen-bond acceptors (Lipinski definition) is 2. The van der Waals surface area contributed by atoms with E-state index >= 15 is 0 Å². The van der Waals surface area contributed by atoms with E-state index in [0.29, 0.717) is 0 Å². The van der Waals surface area contributed by atoms with E-state index in [2.05, 4.69) is 181 Å². The normalized spacial score (nSPS) is 11.8. The third kappa shape index (κ3) is 4.32. The van der Waals surface area contributed by atoms with Gasteiger partial charge in [-0.15, -0.1) is 0 Å². The van der Waals surface area contributed by atoms with Crippen molar-refractivity contribution in [1.82, 2.24) is 19.1 Å². The molecule has 3 heterocycles. The van der Waals surface area contributed by atoms with E-state index in [4.69, 9.17) is 9.97 Å². The number of rotatable bonds is 4. The Kier molecular flexibility index (Phi) is 6.27. The zero-order chi connectivity index (χ0) is 33.3. The summed E-state index contributed by atoms with van der Waals surface area (Å²) in [6.07, 6.45) is 0. The van der Waals surface area contributed by atoms with Gasteiger partial charge in [0.15, 0.2) is 0 Å². The summed E-state index contributed by atoms with van der Waals surface area (Å²) in [5.41, 5.74) is 15.1. The molecular weight excluding hydrogens is 609 g/mol. The molecule has 0 spiro atoms. The van der Waals surface area contributed by atoms with Crippen LogP contribution in [0.1, 0.15) is 11.1 Å². The first-order valence-corrected chi connectivity index (χ1v) is 17.1. The predicted molar refractivity (Wildman–Crippen MR) is 209 cm³/mol. The van der Waals surface area contributed by atoms with E-state index in [9.17, 15) is 0 Å². The summed E-state index contributed by atoms with van der Waals surface area (Å²) in [4.78, 5) is 10.6. The van der Waals surface area contributed by atoms with Gasteiger partial charge in [0.1, 0.15) is 0 Å². The van der Waals surface area contributed by atoms with E-state index < -0.39 is 0 Å². The van der Waals surface area contributed by atoms with E-state index in [0.717, 1.165) is 44.9 Å². The molecule has 0 aliphatic carbocycles. The van der Waals surface area contributed by atoms with Gasteiger partial charge in [-0.3, -0.25) is 0 Å². The fourth-order valence-corrected chi connectivity index (χ4v) is 7.65. The lowest BCUT2D eigenvalue weighted by atomic mass is 10.0. The maximum Gasteiger partial charge on any atom is 0.0973 e. The van der Waals surface area contributed by atoms with Crippen molar-refractivity contribution in [2.45, 2.75) is 13.8 Å². The highest BCUT2D eigenvalue weighted by atomic mass is 15.0. The molecule has 50 heavy (non-hydrogen) atoms. The molecule has 0 atom stereocenters. The highest BCUT2D eigenvalue weighted by molar-refractivity contribution is 6.10. The van der Waals surface area contributed by atoms with Crippen LogP contribution in [-0.2, 0) is 0 Å². The molecule has 4 heteroatoms. The molecule has 236 valence electrons. The van der Waals surface area contributed by atoms with Gasteiger partial charge in [-0.2, -0.15) is 0 Å². The molecule has 0 aliphatic rings. The van der Waals surface area contributed by atoms with Gasteiger partial charge in [-0.25, -0.2) is 9.97 Å². The Morgan fingerprint density at radius 3 is 0.980 bits per heavy atom. The van der Waals surface area contributed by atoms with Crippen molar-refractivity contribution in [2.75, 3.05) is 0 Å². The molecule has 10 aromatic rings. The van der Waals surface area contributed by atoms with E-state index in [-0.39, 0.29) is 0 Å². The maximum absolute atomic E-state index is 5.30. The SMILES string of the molecule is Cc1cc2nc(-c3ccc(-n4c5ccccc5c5ccccc54)cc3)c(-c3ccc(-n4c5ccccc5c5ccccc54)cc3)nc2cc1C. The van der Waals surface area contributed by atoms with Crippen LogP contribution in [0, 0.1) is 13.8 Å². The average molecular weight is 641 g/mol. The monoisotopic (exact) mass is 640 g/mol. The zero-order valence-corrected chi connectivity index (χ0v) is 27.8. The molecule has 7 aromatic carbocycles. The molecule has 0 amide bonds. The Bertz CT molecular complexity index is 2620. The van der Waals surface area contributed by atoms with Crippen molar-refractivity contribution in [3.05, 3.63) is 169 Å². The molecule has 4 nitrogen and oxygen atoms in total. The number of fused-ring (bicyclic) bond motifs is 7. The van der Waals surface area contributed by atoms with Crippen molar-refractivity contribution >= 4 is 54.6 Å².